The van der Waals surface area contributed by atoms with Crippen LogP contribution in [-0.2, 0) is 10.0 Å². The van der Waals surface area contributed by atoms with Crippen LogP contribution < -0.4 is 4.31 Å². The number of benzene rings is 1. The van der Waals surface area contributed by atoms with Gasteiger partial charge in [0.15, 0.2) is 5.78 Å². The largest absolute Gasteiger partial charge is 0.383 e. The van der Waals surface area contributed by atoms with Crippen molar-refractivity contribution in [2.45, 2.75) is 26.0 Å². The Morgan fingerprint density at radius 2 is 1.91 bits per heavy atom. The minimum Gasteiger partial charge on any atom is -0.383 e. The normalized spacial score (nSPS) is 11.9. The van der Waals surface area contributed by atoms with Gasteiger partial charge in [0.05, 0.1) is 10.9 Å². The van der Waals surface area contributed by atoms with E-state index in [1.165, 1.54) is 10.4 Å². The zero-order valence-corrected chi connectivity index (χ0v) is 14.6. The first kappa shape index (κ1) is 18.2. The Kier molecular flexibility index (Phi) is 6.17. The first-order valence-corrected chi connectivity index (χ1v) is 8.71. The van der Waals surface area contributed by atoms with Crippen LogP contribution in [0.3, 0.4) is 0 Å². The molecule has 122 valence electrons. The monoisotopic (exact) mass is 324 g/mol. The molecule has 1 aromatic carbocycles. The summed E-state index contributed by atoms with van der Waals surface area (Å²) in [7, 11) is 0.241. The van der Waals surface area contributed by atoms with Gasteiger partial charge >= 0.3 is 0 Å². The molecule has 0 aliphatic rings. The van der Waals surface area contributed by atoms with Crippen molar-refractivity contribution in [3.63, 3.8) is 0 Å². The standard InChI is InChI=1S/C16H24N2O3S/c1-6-18(22(20,21)13(2)3)15-9-7-8-14(12-15)16(19)10-11-17(4)5/h7-13H,6H2,1-5H3/b11-10+. The highest BCUT2D eigenvalue weighted by Crippen LogP contribution is 2.22. The van der Waals surface area contributed by atoms with Crippen molar-refractivity contribution in [3.05, 3.63) is 42.1 Å². The van der Waals surface area contributed by atoms with Crippen LogP contribution in [0.2, 0.25) is 0 Å². The van der Waals surface area contributed by atoms with Gasteiger partial charge in [0.1, 0.15) is 0 Å². The van der Waals surface area contributed by atoms with Crippen LogP contribution in [0.1, 0.15) is 31.1 Å². The minimum atomic E-state index is -3.41. The van der Waals surface area contributed by atoms with Crippen molar-refractivity contribution >= 4 is 21.5 Å². The molecule has 0 heterocycles. The van der Waals surface area contributed by atoms with Crippen molar-refractivity contribution < 1.29 is 13.2 Å². The topological polar surface area (TPSA) is 57.7 Å². The SMILES string of the molecule is CCN(c1cccc(C(=O)/C=C/N(C)C)c1)S(=O)(=O)C(C)C. The first-order valence-electron chi connectivity index (χ1n) is 7.20. The molecule has 0 bridgehead atoms. The molecule has 0 fully saturated rings. The predicted octanol–water partition coefficient (Wildman–Crippen LogP) is 2.51. The maximum absolute atomic E-state index is 12.4. The maximum Gasteiger partial charge on any atom is 0.237 e. The molecule has 0 aromatic heterocycles. The lowest BCUT2D eigenvalue weighted by atomic mass is 10.1. The zero-order valence-electron chi connectivity index (χ0n) is 13.8. The Morgan fingerprint density at radius 3 is 2.41 bits per heavy atom. The molecule has 6 heteroatoms. The molecule has 0 atom stereocenters. The van der Waals surface area contributed by atoms with Gasteiger partial charge in [-0.05, 0) is 32.9 Å². The second-order valence-corrected chi connectivity index (χ2v) is 7.87. The van der Waals surface area contributed by atoms with E-state index in [2.05, 4.69) is 0 Å². The lowest BCUT2D eigenvalue weighted by Crippen LogP contribution is -2.36. The Bertz CT molecular complexity index is 649. The third-order valence-electron chi connectivity index (χ3n) is 3.13. The van der Waals surface area contributed by atoms with Gasteiger partial charge in [0.2, 0.25) is 10.0 Å². The number of anilines is 1. The Morgan fingerprint density at radius 1 is 1.27 bits per heavy atom. The highest BCUT2D eigenvalue weighted by Gasteiger charge is 2.25. The van der Waals surface area contributed by atoms with Crippen molar-refractivity contribution in [1.29, 1.82) is 0 Å². The highest BCUT2D eigenvalue weighted by molar-refractivity contribution is 7.93. The number of allylic oxidation sites excluding steroid dienone is 1. The molecule has 0 amide bonds. The molecule has 0 saturated carbocycles. The summed E-state index contributed by atoms with van der Waals surface area (Å²) in [5, 5.41) is -0.513. The molecular weight excluding hydrogens is 300 g/mol. The first-order chi connectivity index (χ1) is 10.2. The average molecular weight is 324 g/mol. The van der Waals surface area contributed by atoms with E-state index in [4.69, 9.17) is 0 Å². The number of hydrogen-bond acceptors (Lipinski definition) is 4. The molecule has 0 aliphatic heterocycles. The quantitative estimate of drug-likeness (QED) is 0.571. The maximum atomic E-state index is 12.4. The fourth-order valence-electron chi connectivity index (χ4n) is 1.89. The molecule has 0 spiro atoms. The van der Waals surface area contributed by atoms with Crippen LogP contribution in [0.5, 0.6) is 0 Å². The summed E-state index contributed by atoms with van der Waals surface area (Å²) in [6.07, 6.45) is 3.13. The highest BCUT2D eigenvalue weighted by atomic mass is 32.2. The summed E-state index contributed by atoms with van der Waals surface area (Å²) in [5.41, 5.74) is 0.980. The van der Waals surface area contributed by atoms with E-state index in [0.29, 0.717) is 17.8 Å². The summed E-state index contributed by atoms with van der Waals surface area (Å²) in [6, 6.07) is 6.70. The summed E-state index contributed by atoms with van der Waals surface area (Å²) < 4.78 is 26.1. The molecule has 0 unspecified atom stereocenters. The third kappa shape index (κ3) is 4.34. The van der Waals surface area contributed by atoms with Crippen molar-refractivity contribution in [3.8, 4) is 0 Å². The number of carbonyl (C=O) groups excluding carboxylic acids is 1. The van der Waals surface area contributed by atoms with Crippen molar-refractivity contribution in [2.75, 3.05) is 24.9 Å². The van der Waals surface area contributed by atoms with Crippen molar-refractivity contribution in [2.24, 2.45) is 0 Å². The molecule has 1 aromatic rings. The van der Waals surface area contributed by atoms with Crippen molar-refractivity contribution in [1.82, 2.24) is 4.90 Å². The number of rotatable bonds is 7. The average Bonchev–Trinajstić information content (AvgIpc) is 2.45. The van der Waals surface area contributed by atoms with Gasteiger partial charge in [-0.2, -0.15) is 0 Å². The second kappa shape index (κ2) is 7.45. The Hall–Kier alpha value is -1.82. The third-order valence-corrected chi connectivity index (χ3v) is 5.41. The van der Waals surface area contributed by atoms with E-state index in [1.807, 2.05) is 14.1 Å². The molecule has 1 rings (SSSR count). The van der Waals surface area contributed by atoms with Crippen LogP contribution in [0, 0.1) is 0 Å². The second-order valence-electron chi connectivity index (χ2n) is 5.45. The van der Waals surface area contributed by atoms with Gasteiger partial charge in [-0.15, -0.1) is 0 Å². The Labute approximate surface area is 133 Å². The molecule has 0 N–H and O–H groups in total. The van der Waals surface area contributed by atoms with Gasteiger partial charge in [0, 0.05) is 38.5 Å². The van der Waals surface area contributed by atoms with E-state index in [9.17, 15) is 13.2 Å². The lowest BCUT2D eigenvalue weighted by molar-refractivity contribution is 0.104. The van der Waals surface area contributed by atoms with Crippen LogP contribution in [0.4, 0.5) is 5.69 Å². The predicted molar refractivity (Wildman–Crippen MR) is 90.7 cm³/mol. The van der Waals surface area contributed by atoms with Gasteiger partial charge < -0.3 is 4.90 Å². The number of hydrogen-bond donors (Lipinski definition) is 0. The van der Waals surface area contributed by atoms with Gasteiger partial charge in [-0.1, -0.05) is 12.1 Å². The van der Waals surface area contributed by atoms with Gasteiger partial charge in [0.25, 0.3) is 0 Å². The number of carbonyl (C=O) groups is 1. The summed E-state index contributed by atoms with van der Waals surface area (Å²) >= 11 is 0. The Balaban J connectivity index is 3.18. The number of ketones is 1. The summed E-state index contributed by atoms with van der Waals surface area (Å²) in [4.78, 5) is 13.9. The zero-order chi connectivity index (χ0) is 16.9. The van der Waals surface area contributed by atoms with Crippen LogP contribution in [0.15, 0.2) is 36.5 Å². The fraction of sp³-hybridized carbons (Fsp3) is 0.438. The van der Waals surface area contributed by atoms with E-state index in [0.717, 1.165) is 0 Å². The molecule has 0 saturated heterocycles. The van der Waals surface area contributed by atoms with Gasteiger partial charge in [-0.3, -0.25) is 9.10 Å². The molecule has 5 nitrogen and oxygen atoms in total. The molecule has 22 heavy (non-hydrogen) atoms. The fourth-order valence-corrected chi connectivity index (χ4v) is 3.17. The lowest BCUT2D eigenvalue weighted by Gasteiger charge is -2.25. The van der Waals surface area contributed by atoms with E-state index in [1.54, 1.807) is 56.1 Å². The summed E-state index contributed by atoms with van der Waals surface area (Å²) in [6.45, 7) is 5.39. The van der Waals surface area contributed by atoms with E-state index in [-0.39, 0.29) is 5.78 Å². The van der Waals surface area contributed by atoms with E-state index < -0.39 is 15.3 Å². The van der Waals surface area contributed by atoms with Gasteiger partial charge in [-0.25, -0.2) is 8.42 Å². The van der Waals surface area contributed by atoms with Crippen LogP contribution in [0.25, 0.3) is 0 Å². The summed E-state index contributed by atoms with van der Waals surface area (Å²) in [5.74, 6) is -0.159. The smallest absolute Gasteiger partial charge is 0.237 e. The van der Waals surface area contributed by atoms with E-state index >= 15 is 0 Å². The van der Waals surface area contributed by atoms with Crippen LogP contribution in [-0.4, -0.2) is 45.0 Å². The molecule has 0 radical (unpaired) electrons. The van der Waals surface area contributed by atoms with Crippen LogP contribution >= 0.6 is 0 Å². The number of sulfonamides is 1. The molecular formula is C16H24N2O3S. The molecule has 0 aliphatic carbocycles. The minimum absolute atomic E-state index is 0.159. The number of nitrogens with zero attached hydrogens (tertiary/aromatic N) is 2.